The van der Waals surface area contributed by atoms with Gasteiger partial charge in [-0.3, -0.25) is 0 Å². The lowest BCUT2D eigenvalue weighted by Gasteiger charge is -2.01. The van der Waals surface area contributed by atoms with Gasteiger partial charge in [-0.15, -0.1) is 11.6 Å². The Balaban J connectivity index is 2.32. The van der Waals surface area contributed by atoms with Crippen molar-refractivity contribution in [3.63, 3.8) is 0 Å². The third-order valence-corrected chi connectivity index (χ3v) is 3.72. The summed E-state index contributed by atoms with van der Waals surface area (Å²) in [6.07, 6.45) is 1.84. The highest BCUT2D eigenvalue weighted by atomic mass is 79.9. The van der Waals surface area contributed by atoms with Gasteiger partial charge in [-0.2, -0.15) is 4.98 Å². The monoisotopic (exact) mass is 328 g/mol. The smallest absolute Gasteiger partial charge is 0.259 e. The summed E-state index contributed by atoms with van der Waals surface area (Å²) in [5.74, 6) is 1.06. The molecule has 5 heteroatoms. The molecule has 1 heterocycles. The molecule has 0 aliphatic heterocycles. The fourth-order valence-corrected chi connectivity index (χ4v) is 2.38. The quantitative estimate of drug-likeness (QED) is 0.750. The molecular weight excluding hydrogens is 316 g/mol. The summed E-state index contributed by atoms with van der Waals surface area (Å²) in [7, 11) is 0. The summed E-state index contributed by atoms with van der Waals surface area (Å²) in [4.78, 5) is 4.36. The molecule has 0 amide bonds. The maximum atomic E-state index is 6.18. The Morgan fingerprint density at radius 1 is 1.44 bits per heavy atom. The summed E-state index contributed by atoms with van der Waals surface area (Å²) in [6, 6.07) is 6.00. The summed E-state index contributed by atoms with van der Waals surface area (Å²) in [5.41, 5.74) is 2.04. The van der Waals surface area contributed by atoms with Crippen molar-refractivity contribution in [2.24, 2.45) is 0 Å². The van der Waals surface area contributed by atoms with Crippen LogP contribution in [-0.2, 0) is 0 Å². The molecule has 3 nitrogen and oxygen atoms in total. The van der Waals surface area contributed by atoms with Crippen molar-refractivity contribution in [3.05, 3.63) is 34.1 Å². The second-order valence-electron chi connectivity index (χ2n) is 4.20. The first-order valence-corrected chi connectivity index (χ1v) is 7.09. The van der Waals surface area contributed by atoms with Crippen molar-refractivity contribution < 1.29 is 4.52 Å². The van der Waals surface area contributed by atoms with Crippen LogP contribution in [-0.4, -0.2) is 10.1 Å². The van der Waals surface area contributed by atoms with E-state index in [-0.39, 0.29) is 5.38 Å². The van der Waals surface area contributed by atoms with Crippen molar-refractivity contribution in [2.45, 2.75) is 32.1 Å². The van der Waals surface area contributed by atoms with Crippen molar-refractivity contribution in [1.82, 2.24) is 10.1 Å². The average molecular weight is 330 g/mol. The predicted octanol–water partition coefficient (Wildman–Crippen LogP) is 4.89. The standard InChI is InChI=1S/C13H14BrClN2O/c1-3-4-11(15)12-16-13(18-17-12)9-7-8(2)5-6-10(9)14/h5-7,11H,3-4H2,1-2H3. The summed E-state index contributed by atoms with van der Waals surface area (Å²) in [6.45, 7) is 4.10. The normalized spacial score (nSPS) is 12.7. The van der Waals surface area contributed by atoms with E-state index in [1.807, 2.05) is 25.1 Å². The van der Waals surface area contributed by atoms with E-state index < -0.39 is 0 Å². The Morgan fingerprint density at radius 2 is 2.22 bits per heavy atom. The highest BCUT2D eigenvalue weighted by Crippen LogP contribution is 2.30. The van der Waals surface area contributed by atoms with Crippen LogP contribution in [0.3, 0.4) is 0 Å². The minimum atomic E-state index is -0.184. The highest BCUT2D eigenvalue weighted by molar-refractivity contribution is 9.10. The maximum absolute atomic E-state index is 6.18. The molecule has 1 unspecified atom stereocenters. The molecule has 0 saturated carbocycles. The Kier molecular flexibility index (Phi) is 4.40. The Morgan fingerprint density at radius 3 is 2.94 bits per heavy atom. The van der Waals surface area contributed by atoms with Gasteiger partial charge in [0.05, 0.1) is 10.9 Å². The van der Waals surface area contributed by atoms with Crippen molar-refractivity contribution >= 4 is 27.5 Å². The number of aryl methyl sites for hydroxylation is 1. The molecule has 0 saturated heterocycles. The Hall–Kier alpha value is -0.870. The number of halogens is 2. The molecule has 0 bridgehead atoms. The largest absolute Gasteiger partial charge is 0.334 e. The number of aromatic nitrogens is 2. The molecule has 0 fully saturated rings. The fourth-order valence-electron chi connectivity index (χ4n) is 1.66. The topological polar surface area (TPSA) is 38.9 Å². The summed E-state index contributed by atoms with van der Waals surface area (Å²) < 4.78 is 6.21. The van der Waals surface area contributed by atoms with Crippen LogP contribution in [0.25, 0.3) is 11.5 Å². The number of nitrogens with zero attached hydrogens (tertiary/aromatic N) is 2. The van der Waals surface area contributed by atoms with Gasteiger partial charge < -0.3 is 4.52 Å². The zero-order valence-corrected chi connectivity index (χ0v) is 12.6. The lowest BCUT2D eigenvalue weighted by atomic mass is 10.1. The molecule has 1 aromatic heterocycles. The van der Waals surface area contributed by atoms with Crippen LogP contribution in [0.1, 0.15) is 36.5 Å². The molecule has 1 aromatic carbocycles. The summed E-state index contributed by atoms with van der Waals surface area (Å²) >= 11 is 9.66. The zero-order chi connectivity index (χ0) is 13.1. The fraction of sp³-hybridized carbons (Fsp3) is 0.385. The van der Waals surface area contributed by atoms with E-state index in [0.29, 0.717) is 11.7 Å². The number of hydrogen-bond donors (Lipinski definition) is 0. The van der Waals surface area contributed by atoms with E-state index in [4.69, 9.17) is 16.1 Å². The third-order valence-electron chi connectivity index (χ3n) is 2.62. The van der Waals surface area contributed by atoms with Gasteiger partial charge in [0.1, 0.15) is 0 Å². The molecule has 2 aromatic rings. The van der Waals surface area contributed by atoms with E-state index >= 15 is 0 Å². The van der Waals surface area contributed by atoms with Crippen molar-refractivity contribution in [3.8, 4) is 11.5 Å². The van der Waals surface area contributed by atoms with Crippen LogP contribution in [0.4, 0.5) is 0 Å². The van der Waals surface area contributed by atoms with Gasteiger partial charge in [-0.1, -0.05) is 30.1 Å². The maximum Gasteiger partial charge on any atom is 0.259 e. The molecule has 18 heavy (non-hydrogen) atoms. The van der Waals surface area contributed by atoms with E-state index in [1.54, 1.807) is 0 Å². The molecule has 0 radical (unpaired) electrons. The Labute approximate surface area is 120 Å². The van der Waals surface area contributed by atoms with Gasteiger partial charge in [0.15, 0.2) is 5.82 Å². The number of alkyl halides is 1. The van der Waals surface area contributed by atoms with Crippen LogP contribution in [0.2, 0.25) is 0 Å². The molecule has 0 N–H and O–H groups in total. The molecule has 96 valence electrons. The molecule has 0 aliphatic carbocycles. The van der Waals surface area contributed by atoms with Gasteiger partial charge in [0, 0.05) is 4.47 Å². The molecular formula is C13H14BrClN2O. The van der Waals surface area contributed by atoms with Crippen molar-refractivity contribution in [2.75, 3.05) is 0 Å². The van der Waals surface area contributed by atoms with Crippen LogP contribution >= 0.6 is 27.5 Å². The van der Waals surface area contributed by atoms with Crippen LogP contribution < -0.4 is 0 Å². The van der Waals surface area contributed by atoms with E-state index in [0.717, 1.165) is 28.4 Å². The summed E-state index contributed by atoms with van der Waals surface area (Å²) in [5, 5.41) is 3.76. The van der Waals surface area contributed by atoms with Gasteiger partial charge in [-0.25, -0.2) is 0 Å². The second kappa shape index (κ2) is 5.85. The molecule has 2 rings (SSSR count). The number of benzene rings is 1. The first-order valence-electron chi connectivity index (χ1n) is 5.86. The van der Waals surface area contributed by atoms with Gasteiger partial charge in [-0.05, 0) is 41.4 Å². The van der Waals surface area contributed by atoms with Gasteiger partial charge in [0.25, 0.3) is 5.89 Å². The van der Waals surface area contributed by atoms with Gasteiger partial charge >= 0.3 is 0 Å². The van der Waals surface area contributed by atoms with E-state index in [1.165, 1.54) is 0 Å². The molecule has 1 atom stereocenters. The minimum absolute atomic E-state index is 0.184. The minimum Gasteiger partial charge on any atom is -0.334 e. The Bertz CT molecular complexity index is 542. The van der Waals surface area contributed by atoms with E-state index in [9.17, 15) is 0 Å². The zero-order valence-electron chi connectivity index (χ0n) is 10.3. The first kappa shape index (κ1) is 13.6. The lowest BCUT2D eigenvalue weighted by Crippen LogP contribution is -1.92. The second-order valence-corrected chi connectivity index (χ2v) is 5.58. The van der Waals surface area contributed by atoms with Crippen molar-refractivity contribution in [1.29, 1.82) is 0 Å². The molecule has 0 spiro atoms. The molecule has 0 aliphatic rings. The third kappa shape index (κ3) is 2.93. The SMILES string of the molecule is CCCC(Cl)c1noc(-c2cc(C)ccc2Br)n1. The first-order chi connectivity index (χ1) is 8.61. The average Bonchev–Trinajstić information content (AvgIpc) is 2.82. The van der Waals surface area contributed by atoms with Crippen LogP contribution in [0.15, 0.2) is 27.2 Å². The number of hydrogen-bond acceptors (Lipinski definition) is 3. The van der Waals surface area contributed by atoms with Crippen LogP contribution in [0, 0.1) is 6.92 Å². The lowest BCUT2D eigenvalue weighted by molar-refractivity contribution is 0.420. The van der Waals surface area contributed by atoms with Gasteiger partial charge in [0.2, 0.25) is 0 Å². The highest BCUT2D eigenvalue weighted by Gasteiger charge is 2.17. The van der Waals surface area contributed by atoms with E-state index in [2.05, 4.69) is 33.0 Å². The van der Waals surface area contributed by atoms with Crippen LogP contribution in [0.5, 0.6) is 0 Å². The number of rotatable bonds is 4. The predicted molar refractivity (Wildman–Crippen MR) is 75.7 cm³/mol.